The van der Waals surface area contributed by atoms with Crippen LogP contribution in [-0.2, 0) is 12.8 Å². The van der Waals surface area contributed by atoms with Crippen molar-refractivity contribution in [3.05, 3.63) is 72.1 Å². The zero-order chi connectivity index (χ0) is 14.9. The van der Waals surface area contributed by atoms with Crippen LogP contribution in [0.25, 0.3) is 11.1 Å². The minimum atomic E-state index is 0.602. The Morgan fingerprint density at radius 1 is 0.810 bits per heavy atom. The molecule has 0 saturated carbocycles. The maximum absolute atomic E-state index is 12.0. The van der Waals surface area contributed by atoms with Gasteiger partial charge in [-0.3, -0.25) is 0 Å². The van der Waals surface area contributed by atoms with E-state index in [4.69, 9.17) is 0 Å². The minimum absolute atomic E-state index is 0.602. The van der Waals surface area contributed by atoms with Crippen LogP contribution < -0.4 is 0 Å². The van der Waals surface area contributed by atoms with E-state index in [1.807, 2.05) is 0 Å². The van der Waals surface area contributed by atoms with Crippen LogP contribution in [0.15, 0.2) is 60.9 Å². The number of aryl methyl sites for hydroxylation is 1. The quantitative estimate of drug-likeness (QED) is 0.537. The van der Waals surface area contributed by atoms with Gasteiger partial charge < -0.3 is 0 Å². The number of allylic oxidation sites excluding steroid dienone is 1. The van der Waals surface area contributed by atoms with Crippen LogP contribution in [0.3, 0.4) is 0 Å². The second-order valence-corrected chi connectivity index (χ2v) is 5.42. The second-order valence-electron chi connectivity index (χ2n) is 5.42. The van der Waals surface area contributed by atoms with E-state index in [0.29, 0.717) is 12.8 Å². The first kappa shape index (κ1) is 15.5. The molecule has 0 amide bonds. The molecule has 0 aliphatic carbocycles. The Bertz CT molecular complexity index is 549. The number of hydrogen-bond donors (Lipinski definition) is 0. The average Bonchev–Trinajstić information content (AvgIpc) is 2.54. The summed E-state index contributed by atoms with van der Waals surface area (Å²) in [5.41, 5.74) is 4.99. The van der Waals surface area contributed by atoms with E-state index in [9.17, 15) is 4.39 Å². The van der Waals surface area contributed by atoms with Gasteiger partial charge in [-0.25, -0.2) is 4.39 Å². The third-order valence-electron chi connectivity index (χ3n) is 3.75. The van der Waals surface area contributed by atoms with Crippen molar-refractivity contribution in [2.45, 2.75) is 39.0 Å². The highest BCUT2D eigenvalue weighted by Crippen LogP contribution is 2.21. The minimum Gasteiger partial charge on any atom is -0.216 e. The van der Waals surface area contributed by atoms with E-state index in [-0.39, 0.29) is 0 Å². The Labute approximate surface area is 127 Å². The molecule has 0 aliphatic heterocycles. The Kier molecular flexibility index (Phi) is 6.21. The van der Waals surface area contributed by atoms with Crippen LogP contribution in [0.5, 0.6) is 0 Å². The van der Waals surface area contributed by atoms with Gasteiger partial charge in [-0.2, -0.15) is 0 Å². The molecule has 0 radical (unpaired) electrons. The molecule has 0 heterocycles. The molecular formula is C20H23F. The maximum atomic E-state index is 12.0. The van der Waals surface area contributed by atoms with Crippen LogP contribution >= 0.6 is 0 Å². The number of unbranched alkanes of at least 4 members (excludes halogenated alkanes) is 2. The molecule has 0 nitrogen and oxygen atoms in total. The lowest BCUT2D eigenvalue weighted by Crippen LogP contribution is -1.86. The molecule has 0 aliphatic rings. The van der Waals surface area contributed by atoms with Crippen LogP contribution in [0, 0.1) is 0 Å². The molecule has 0 fully saturated rings. The maximum Gasteiger partial charge on any atom is 0.0830 e. The van der Waals surface area contributed by atoms with E-state index in [1.54, 1.807) is 0 Å². The number of halogens is 1. The fourth-order valence-electron chi connectivity index (χ4n) is 2.46. The van der Waals surface area contributed by atoms with Gasteiger partial charge in [0, 0.05) is 0 Å². The van der Waals surface area contributed by atoms with Crippen molar-refractivity contribution in [1.29, 1.82) is 0 Å². The third kappa shape index (κ3) is 4.86. The van der Waals surface area contributed by atoms with Crippen molar-refractivity contribution >= 4 is 0 Å². The molecule has 0 atom stereocenters. The number of hydrogen-bond acceptors (Lipinski definition) is 0. The molecule has 1 heteroatoms. The first-order chi connectivity index (χ1) is 10.3. The summed E-state index contributed by atoms with van der Waals surface area (Å²) in [7, 11) is 0. The molecule has 2 aromatic carbocycles. The lowest BCUT2D eigenvalue weighted by Gasteiger charge is -2.05. The average molecular weight is 282 g/mol. The first-order valence-electron chi connectivity index (χ1n) is 7.77. The number of benzene rings is 2. The molecule has 0 unspecified atom stereocenters. The summed E-state index contributed by atoms with van der Waals surface area (Å²) in [5, 5.41) is 0. The highest BCUT2D eigenvalue weighted by molar-refractivity contribution is 5.64. The molecule has 2 aromatic rings. The van der Waals surface area contributed by atoms with E-state index in [1.165, 1.54) is 48.4 Å². The van der Waals surface area contributed by atoms with Gasteiger partial charge in [0.1, 0.15) is 0 Å². The van der Waals surface area contributed by atoms with Crippen LogP contribution in [-0.4, -0.2) is 0 Å². The monoisotopic (exact) mass is 282 g/mol. The van der Waals surface area contributed by atoms with E-state index in [2.05, 4.69) is 55.5 Å². The zero-order valence-electron chi connectivity index (χ0n) is 12.7. The molecular weight excluding hydrogens is 259 g/mol. The molecule has 0 aromatic heterocycles. The predicted molar refractivity (Wildman–Crippen MR) is 89.1 cm³/mol. The normalized spacial score (nSPS) is 11.1. The van der Waals surface area contributed by atoms with Gasteiger partial charge in [-0.05, 0) is 41.5 Å². The van der Waals surface area contributed by atoms with Crippen LogP contribution in [0.2, 0.25) is 0 Å². The Morgan fingerprint density at radius 2 is 1.38 bits per heavy atom. The van der Waals surface area contributed by atoms with Crippen molar-refractivity contribution in [2.75, 3.05) is 0 Å². The van der Waals surface area contributed by atoms with Crippen molar-refractivity contribution in [1.82, 2.24) is 0 Å². The first-order valence-corrected chi connectivity index (χ1v) is 7.77. The third-order valence-corrected chi connectivity index (χ3v) is 3.75. The highest BCUT2D eigenvalue weighted by Gasteiger charge is 1.99. The van der Waals surface area contributed by atoms with Crippen molar-refractivity contribution < 1.29 is 4.39 Å². The van der Waals surface area contributed by atoms with Crippen molar-refractivity contribution in [3.63, 3.8) is 0 Å². The summed E-state index contributed by atoms with van der Waals surface area (Å²) in [6, 6.07) is 17.2. The summed E-state index contributed by atoms with van der Waals surface area (Å²) in [6.45, 7) is 2.23. The SMILES string of the molecule is CCCCCc1ccc(-c2ccc(C/C=C/F)cc2)cc1. The van der Waals surface area contributed by atoms with Gasteiger partial charge in [0.05, 0.1) is 6.33 Å². The lowest BCUT2D eigenvalue weighted by molar-refractivity contribution is 0.716. The zero-order valence-corrected chi connectivity index (χ0v) is 12.7. The van der Waals surface area contributed by atoms with E-state index < -0.39 is 0 Å². The summed E-state index contributed by atoms with van der Waals surface area (Å²) < 4.78 is 12.0. The van der Waals surface area contributed by atoms with Gasteiger partial charge in [-0.1, -0.05) is 74.4 Å². The Hall–Kier alpha value is -1.89. The molecule has 21 heavy (non-hydrogen) atoms. The molecule has 0 saturated heterocycles. The largest absolute Gasteiger partial charge is 0.216 e. The summed E-state index contributed by atoms with van der Waals surface area (Å²) >= 11 is 0. The van der Waals surface area contributed by atoms with E-state index in [0.717, 1.165) is 5.56 Å². The predicted octanol–water partition coefficient (Wildman–Crippen LogP) is 6.11. The highest BCUT2D eigenvalue weighted by atomic mass is 19.1. The molecule has 0 spiro atoms. The lowest BCUT2D eigenvalue weighted by atomic mass is 10.00. The van der Waals surface area contributed by atoms with Crippen molar-refractivity contribution in [3.8, 4) is 11.1 Å². The van der Waals surface area contributed by atoms with Crippen LogP contribution in [0.1, 0.15) is 37.3 Å². The molecule has 2 rings (SSSR count). The van der Waals surface area contributed by atoms with Crippen LogP contribution in [0.4, 0.5) is 4.39 Å². The smallest absolute Gasteiger partial charge is 0.0830 e. The molecule has 0 bridgehead atoms. The fourth-order valence-corrected chi connectivity index (χ4v) is 2.46. The summed E-state index contributed by atoms with van der Waals surface area (Å²) in [5.74, 6) is 0. The summed E-state index contributed by atoms with van der Waals surface area (Å²) in [4.78, 5) is 0. The second kappa shape index (κ2) is 8.41. The van der Waals surface area contributed by atoms with Crippen molar-refractivity contribution in [2.24, 2.45) is 0 Å². The van der Waals surface area contributed by atoms with Gasteiger partial charge in [-0.15, -0.1) is 0 Å². The van der Waals surface area contributed by atoms with Gasteiger partial charge in [0.15, 0.2) is 0 Å². The molecule has 0 N–H and O–H groups in total. The number of rotatable bonds is 7. The van der Waals surface area contributed by atoms with E-state index >= 15 is 0 Å². The molecule has 110 valence electrons. The van der Waals surface area contributed by atoms with Gasteiger partial charge >= 0.3 is 0 Å². The Balaban J connectivity index is 2.01. The standard InChI is InChI=1S/C20H23F/c1-2-3-4-6-17-8-12-19(13-9-17)20-14-10-18(11-15-20)7-5-16-21/h5,8-16H,2-4,6-7H2,1H3/b16-5+. The topological polar surface area (TPSA) is 0 Å². The van der Waals surface area contributed by atoms with Gasteiger partial charge in [0.25, 0.3) is 0 Å². The Morgan fingerprint density at radius 3 is 1.90 bits per heavy atom. The summed E-state index contributed by atoms with van der Waals surface area (Å²) in [6.07, 6.45) is 7.78. The van der Waals surface area contributed by atoms with Gasteiger partial charge in [0.2, 0.25) is 0 Å². The fraction of sp³-hybridized carbons (Fsp3) is 0.300.